The van der Waals surface area contributed by atoms with Crippen LogP contribution in [-0.4, -0.2) is 86.9 Å². The van der Waals surface area contributed by atoms with Crippen molar-refractivity contribution in [1.29, 1.82) is 0 Å². The zero-order valence-corrected chi connectivity index (χ0v) is 31.5. The van der Waals surface area contributed by atoms with E-state index in [-0.39, 0.29) is 41.7 Å². The molecule has 3 rings (SSSR count). The second kappa shape index (κ2) is 21.2. The van der Waals surface area contributed by atoms with Crippen LogP contribution in [0.5, 0.6) is 5.75 Å². The summed E-state index contributed by atoms with van der Waals surface area (Å²) in [6.45, 7) is 8.83. The number of amides is 3. The first kappa shape index (κ1) is 43.6. The second-order valence-corrected chi connectivity index (χ2v) is 12.6. The number of unbranched alkanes of at least 4 members (excludes halogenated alkanes) is 2. The van der Waals surface area contributed by atoms with Crippen LogP contribution < -0.4 is 20.7 Å². The van der Waals surface area contributed by atoms with Crippen molar-refractivity contribution in [2.45, 2.75) is 91.5 Å². The Morgan fingerprint density at radius 3 is 2.38 bits per heavy atom. The maximum Gasteiger partial charge on any atom is 0.365 e. The minimum absolute atomic E-state index is 0.0297. The number of aliphatic hydroxyl groups is 1. The van der Waals surface area contributed by atoms with Gasteiger partial charge in [0.2, 0.25) is 12.3 Å². The molecular formula is C38H49N5O12. The monoisotopic (exact) mass is 767 g/mol. The lowest BCUT2D eigenvalue weighted by atomic mass is 9.90. The van der Waals surface area contributed by atoms with Gasteiger partial charge < -0.3 is 39.9 Å². The first-order valence-corrected chi connectivity index (χ1v) is 18.0. The van der Waals surface area contributed by atoms with E-state index in [2.05, 4.69) is 20.9 Å². The summed E-state index contributed by atoms with van der Waals surface area (Å²) >= 11 is 0. The average molecular weight is 768 g/mol. The molecule has 6 N–H and O–H groups in total. The standard InChI is InChI=1S/C38H49N5O12/c1-6-9-10-11-25(28(7-2)43(21-44)55-38(52)33-22(4)16-17-39-23(33)5)34(47)40-20-41-36(49)30-15-14-29(54-30)24-12-13-26(31(18-24)53-8-3)35(48)42-27(37(50)51)19-32(45)46/h12-18,21,25,27-28,36,41,49H,6-11,19-20H2,1-5H3,(H,40,47)(H,42,48)(H,45,46)(H,50,51)/t25?,27-,28?,36?/m0/s1. The van der Waals surface area contributed by atoms with Gasteiger partial charge in [0, 0.05) is 11.8 Å². The van der Waals surface area contributed by atoms with E-state index in [4.69, 9.17) is 19.1 Å². The fourth-order valence-corrected chi connectivity index (χ4v) is 5.94. The van der Waals surface area contributed by atoms with E-state index < -0.39 is 60.4 Å². The number of aryl methyl sites for hydroxylation is 2. The minimum Gasteiger partial charge on any atom is -0.493 e. The molecule has 0 aliphatic heterocycles. The third-order valence-corrected chi connectivity index (χ3v) is 8.76. The molecule has 0 bridgehead atoms. The molecule has 3 aromatic rings. The van der Waals surface area contributed by atoms with Gasteiger partial charge in [-0.05, 0) is 69.5 Å². The van der Waals surface area contributed by atoms with Crippen LogP contribution in [0.4, 0.5) is 0 Å². The molecule has 17 heteroatoms. The molecule has 4 atom stereocenters. The van der Waals surface area contributed by atoms with Crippen molar-refractivity contribution >= 4 is 36.1 Å². The molecule has 0 aliphatic carbocycles. The molecule has 0 radical (unpaired) electrons. The van der Waals surface area contributed by atoms with Crippen LogP contribution in [-0.2, 0) is 24.0 Å². The van der Waals surface area contributed by atoms with Gasteiger partial charge in [-0.2, -0.15) is 5.06 Å². The van der Waals surface area contributed by atoms with E-state index >= 15 is 0 Å². The third-order valence-electron chi connectivity index (χ3n) is 8.76. The first-order chi connectivity index (χ1) is 26.3. The predicted octanol–water partition coefficient (Wildman–Crippen LogP) is 3.87. The van der Waals surface area contributed by atoms with Crippen molar-refractivity contribution in [2.24, 2.45) is 5.92 Å². The summed E-state index contributed by atoms with van der Waals surface area (Å²) in [4.78, 5) is 84.0. The lowest BCUT2D eigenvalue weighted by molar-refractivity contribution is -0.171. The number of ether oxygens (including phenoxy) is 1. The number of carboxylic acid groups (broad SMARTS) is 2. The molecule has 2 aromatic heterocycles. The highest BCUT2D eigenvalue weighted by Crippen LogP contribution is 2.30. The van der Waals surface area contributed by atoms with Gasteiger partial charge in [-0.15, -0.1) is 0 Å². The van der Waals surface area contributed by atoms with Crippen molar-refractivity contribution in [3.63, 3.8) is 0 Å². The summed E-state index contributed by atoms with van der Waals surface area (Å²) in [5.41, 5.74) is 1.72. The molecule has 55 heavy (non-hydrogen) atoms. The SMILES string of the molecule is CCCCCC(C(=O)NCNC(O)c1ccc(-c2ccc(C(=O)N[C@@H](CC(=O)O)C(=O)O)c(OCC)c2)o1)C(CC)N(C=O)OC(=O)c1c(C)ccnc1C. The Kier molecular flexibility index (Phi) is 16.8. The van der Waals surface area contributed by atoms with Gasteiger partial charge in [0.1, 0.15) is 23.3 Å². The highest BCUT2D eigenvalue weighted by molar-refractivity contribution is 6.00. The topological polar surface area (TPSA) is 247 Å². The van der Waals surface area contributed by atoms with Crippen LogP contribution in [0.3, 0.4) is 0 Å². The number of furan rings is 1. The number of carbonyl (C=O) groups excluding carboxylic acids is 4. The maximum absolute atomic E-state index is 13.6. The molecule has 0 saturated heterocycles. The van der Waals surface area contributed by atoms with E-state index in [1.54, 1.807) is 46.0 Å². The van der Waals surface area contributed by atoms with Crippen LogP contribution in [0.1, 0.15) is 103 Å². The fraction of sp³-hybridized carbons (Fsp3) is 0.447. The molecule has 0 fully saturated rings. The first-order valence-electron chi connectivity index (χ1n) is 18.0. The Hall–Kier alpha value is -5.81. The molecule has 0 spiro atoms. The number of hydrogen-bond acceptors (Lipinski definition) is 12. The summed E-state index contributed by atoms with van der Waals surface area (Å²) in [5, 5.41) is 37.7. The molecule has 17 nitrogen and oxygen atoms in total. The largest absolute Gasteiger partial charge is 0.493 e. The number of nitrogens with zero attached hydrogens (tertiary/aromatic N) is 2. The number of aromatic nitrogens is 1. The van der Waals surface area contributed by atoms with Crippen LogP contribution in [0.15, 0.2) is 47.0 Å². The van der Waals surface area contributed by atoms with Crippen LogP contribution in [0, 0.1) is 19.8 Å². The molecule has 0 saturated carbocycles. The molecule has 1 aromatic carbocycles. The van der Waals surface area contributed by atoms with Crippen molar-refractivity contribution in [3.8, 4) is 17.1 Å². The van der Waals surface area contributed by atoms with Crippen molar-refractivity contribution in [3.05, 3.63) is 70.7 Å². The Balaban J connectivity index is 1.70. The lowest BCUT2D eigenvalue weighted by Crippen LogP contribution is -2.48. The summed E-state index contributed by atoms with van der Waals surface area (Å²) in [6, 6.07) is 6.65. The minimum atomic E-state index is -1.66. The molecule has 3 amide bonds. The third kappa shape index (κ3) is 12.1. The number of hydroxylamine groups is 2. The summed E-state index contributed by atoms with van der Waals surface area (Å²) in [6.07, 6.45) is 2.89. The Labute approximate surface area is 318 Å². The van der Waals surface area contributed by atoms with Crippen LogP contribution in [0.2, 0.25) is 0 Å². The zero-order chi connectivity index (χ0) is 40.7. The normalized spacial score (nSPS) is 13.1. The van der Waals surface area contributed by atoms with Gasteiger partial charge >= 0.3 is 17.9 Å². The Bertz CT molecular complexity index is 1790. The highest BCUT2D eigenvalue weighted by atomic mass is 16.7. The number of hydrogen-bond donors (Lipinski definition) is 6. The van der Waals surface area contributed by atoms with Gasteiger partial charge in [0.05, 0.1) is 48.5 Å². The maximum atomic E-state index is 13.6. The van der Waals surface area contributed by atoms with Crippen molar-refractivity contribution in [2.75, 3.05) is 13.3 Å². The number of aliphatic hydroxyl groups excluding tert-OH is 1. The predicted molar refractivity (Wildman–Crippen MR) is 196 cm³/mol. The van der Waals surface area contributed by atoms with Gasteiger partial charge in [0.15, 0.2) is 6.23 Å². The van der Waals surface area contributed by atoms with Gasteiger partial charge in [0.25, 0.3) is 5.91 Å². The molecule has 298 valence electrons. The highest BCUT2D eigenvalue weighted by Gasteiger charge is 2.34. The molecule has 3 unspecified atom stereocenters. The van der Waals surface area contributed by atoms with E-state index in [0.717, 1.165) is 17.9 Å². The average Bonchev–Trinajstić information content (AvgIpc) is 3.64. The number of carbonyl (C=O) groups is 6. The number of nitrogens with one attached hydrogen (secondary N) is 3. The smallest absolute Gasteiger partial charge is 0.365 e. The summed E-state index contributed by atoms with van der Waals surface area (Å²) < 4.78 is 11.4. The fourth-order valence-electron chi connectivity index (χ4n) is 5.94. The van der Waals surface area contributed by atoms with Gasteiger partial charge in [-0.3, -0.25) is 29.5 Å². The number of aliphatic carboxylic acids is 2. The summed E-state index contributed by atoms with van der Waals surface area (Å²) in [5.74, 6) is -5.24. The van der Waals surface area contributed by atoms with E-state index in [1.165, 1.54) is 24.3 Å². The molecular weight excluding hydrogens is 718 g/mol. The van der Waals surface area contributed by atoms with Crippen molar-refractivity contribution < 1.29 is 58.1 Å². The number of rotatable bonds is 23. The Morgan fingerprint density at radius 1 is 1.02 bits per heavy atom. The van der Waals surface area contributed by atoms with E-state index in [9.17, 15) is 39.0 Å². The summed E-state index contributed by atoms with van der Waals surface area (Å²) in [7, 11) is 0. The molecule has 2 heterocycles. The quantitative estimate of drug-likeness (QED) is 0.0347. The second-order valence-electron chi connectivity index (χ2n) is 12.6. The number of pyridine rings is 1. The van der Waals surface area contributed by atoms with Crippen LogP contribution >= 0.6 is 0 Å². The number of carboxylic acids is 2. The van der Waals surface area contributed by atoms with Gasteiger partial charge in [-0.1, -0.05) is 39.2 Å². The van der Waals surface area contributed by atoms with Crippen LogP contribution in [0.25, 0.3) is 11.3 Å². The zero-order valence-electron chi connectivity index (χ0n) is 31.5. The number of benzene rings is 1. The van der Waals surface area contributed by atoms with E-state index in [0.29, 0.717) is 42.5 Å². The lowest BCUT2D eigenvalue weighted by Gasteiger charge is -2.32. The van der Waals surface area contributed by atoms with Crippen molar-refractivity contribution in [1.82, 2.24) is 26.0 Å². The molecule has 0 aliphatic rings. The van der Waals surface area contributed by atoms with E-state index in [1.807, 2.05) is 6.92 Å². The van der Waals surface area contributed by atoms with Gasteiger partial charge in [-0.25, -0.2) is 9.59 Å². The Morgan fingerprint density at radius 2 is 1.76 bits per heavy atom.